The fourth-order valence-corrected chi connectivity index (χ4v) is 3.49. The van der Waals surface area contributed by atoms with Crippen LogP contribution in [-0.4, -0.2) is 18.4 Å². The summed E-state index contributed by atoms with van der Waals surface area (Å²) in [5.74, 6) is -2.70. The van der Waals surface area contributed by atoms with Gasteiger partial charge < -0.3 is 10.2 Å². The monoisotopic (exact) mass is 372 g/mol. The molecule has 3 rings (SSSR count). The van der Waals surface area contributed by atoms with Gasteiger partial charge in [0.15, 0.2) is 0 Å². The maximum absolute atomic E-state index is 13.8. The maximum atomic E-state index is 13.8. The fraction of sp³-hybridized carbons (Fsp3) is 0.333. The third-order valence-corrected chi connectivity index (χ3v) is 4.92. The molecule has 1 aliphatic heterocycles. The van der Waals surface area contributed by atoms with Gasteiger partial charge in [0.1, 0.15) is 11.6 Å². The Labute approximate surface area is 157 Å². The van der Waals surface area contributed by atoms with E-state index in [1.807, 2.05) is 32.0 Å². The van der Waals surface area contributed by atoms with Gasteiger partial charge in [0, 0.05) is 24.7 Å². The van der Waals surface area contributed by atoms with E-state index in [9.17, 15) is 18.4 Å². The average molecular weight is 372 g/mol. The lowest BCUT2D eigenvalue weighted by Crippen LogP contribution is -2.29. The van der Waals surface area contributed by atoms with Gasteiger partial charge >= 0.3 is 0 Å². The Balaban J connectivity index is 1.80. The number of aryl methyl sites for hydroxylation is 2. The number of hydrogen-bond acceptors (Lipinski definition) is 2. The van der Waals surface area contributed by atoms with Crippen molar-refractivity contribution in [2.75, 3.05) is 16.8 Å². The molecule has 0 spiro atoms. The number of carbonyl (C=O) groups excluding carboxylic acids is 2. The van der Waals surface area contributed by atoms with Crippen molar-refractivity contribution >= 4 is 23.2 Å². The molecule has 27 heavy (non-hydrogen) atoms. The predicted molar refractivity (Wildman–Crippen MR) is 101 cm³/mol. The summed E-state index contributed by atoms with van der Waals surface area (Å²) in [4.78, 5) is 26.8. The molecule has 2 aromatic carbocycles. The second-order valence-electron chi connectivity index (χ2n) is 6.65. The van der Waals surface area contributed by atoms with Crippen molar-refractivity contribution in [2.45, 2.75) is 33.1 Å². The van der Waals surface area contributed by atoms with Gasteiger partial charge in [0.05, 0.1) is 11.6 Å². The molecular weight excluding hydrogens is 350 g/mol. The lowest BCUT2D eigenvalue weighted by Gasteiger charge is -2.23. The lowest BCUT2D eigenvalue weighted by atomic mass is 10.0. The number of carbonyl (C=O) groups is 2. The normalized spacial score (nSPS) is 16.7. The standard InChI is InChI=1S/C21H22F2N2O2/c1-3-13-6-5-7-14(4-2)20(13)25-12-15(10-19(25)26)21(27)24-18-9-8-16(22)11-17(18)23/h5-9,11,15H,3-4,10,12H2,1-2H3,(H,24,27). The Morgan fingerprint density at radius 1 is 1.15 bits per heavy atom. The Morgan fingerprint density at radius 2 is 1.81 bits per heavy atom. The van der Waals surface area contributed by atoms with E-state index in [-0.39, 0.29) is 24.6 Å². The zero-order chi connectivity index (χ0) is 19.6. The minimum Gasteiger partial charge on any atom is -0.323 e. The first-order valence-corrected chi connectivity index (χ1v) is 9.11. The highest BCUT2D eigenvalue weighted by Gasteiger charge is 2.36. The van der Waals surface area contributed by atoms with Crippen LogP contribution in [0.25, 0.3) is 0 Å². The van der Waals surface area contributed by atoms with Crippen molar-refractivity contribution in [3.63, 3.8) is 0 Å². The summed E-state index contributed by atoms with van der Waals surface area (Å²) in [7, 11) is 0. The predicted octanol–water partition coefficient (Wildman–Crippen LogP) is 4.08. The van der Waals surface area contributed by atoms with Gasteiger partial charge in [-0.3, -0.25) is 9.59 Å². The third-order valence-electron chi connectivity index (χ3n) is 4.92. The minimum atomic E-state index is -0.839. The molecule has 142 valence electrons. The maximum Gasteiger partial charge on any atom is 0.229 e. The first-order valence-electron chi connectivity index (χ1n) is 9.11. The SMILES string of the molecule is CCc1cccc(CC)c1N1CC(C(=O)Nc2ccc(F)cc2F)CC1=O. The molecular formula is C21H22F2N2O2. The molecule has 1 N–H and O–H groups in total. The number of nitrogens with zero attached hydrogens (tertiary/aromatic N) is 1. The highest BCUT2D eigenvalue weighted by molar-refractivity contribution is 6.04. The zero-order valence-corrected chi connectivity index (χ0v) is 15.4. The highest BCUT2D eigenvalue weighted by atomic mass is 19.1. The second kappa shape index (κ2) is 7.86. The van der Waals surface area contributed by atoms with E-state index in [4.69, 9.17) is 0 Å². The van der Waals surface area contributed by atoms with Crippen LogP contribution in [0.1, 0.15) is 31.4 Å². The molecule has 1 unspecified atom stereocenters. The topological polar surface area (TPSA) is 49.4 Å². The Kier molecular flexibility index (Phi) is 5.54. The molecule has 0 aliphatic carbocycles. The summed E-state index contributed by atoms with van der Waals surface area (Å²) >= 11 is 0. The number of hydrogen-bond donors (Lipinski definition) is 1. The van der Waals surface area contributed by atoms with Crippen LogP contribution in [0.4, 0.5) is 20.2 Å². The van der Waals surface area contributed by atoms with Crippen molar-refractivity contribution in [3.8, 4) is 0 Å². The molecule has 2 amide bonds. The van der Waals surface area contributed by atoms with E-state index in [1.54, 1.807) is 4.90 Å². The quantitative estimate of drug-likeness (QED) is 0.860. The summed E-state index contributed by atoms with van der Waals surface area (Å²) in [6.45, 7) is 4.30. The van der Waals surface area contributed by atoms with Crippen molar-refractivity contribution < 1.29 is 18.4 Å². The Bertz CT molecular complexity index is 860. The molecule has 6 heteroatoms. The molecule has 4 nitrogen and oxygen atoms in total. The van der Waals surface area contributed by atoms with Crippen LogP contribution in [-0.2, 0) is 22.4 Å². The van der Waals surface area contributed by atoms with E-state index < -0.39 is 23.5 Å². The molecule has 0 radical (unpaired) electrons. The van der Waals surface area contributed by atoms with Crippen LogP contribution in [0.2, 0.25) is 0 Å². The second-order valence-corrected chi connectivity index (χ2v) is 6.65. The van der Waals surface area contributed by atoms with E-state index in [0.717, 1.165) is 35.7 Å². The number of nitrogens with one attached hydrogen (secondary N) is 1. The number of benzene rings is 2. The van der Waals surface area contributed by atoms with Crippen LogP contribution in [0.15, 0.2) is 36.4 Å². The number of amides is 2. The van der Waals surface area contributed by atoms with E-state index in [2.05, 4.69) is 5.32 Å². The van der Waals surface area contributed by atoms with Gasteiger partial charge in [-0.15, -0.1) is 0 Å². The number of para-hydroxylation sites is 1. The lowest BCUT2D eigenvalue weighted by molar-refractivity contribution is -0.122. The molecule has 1 fully saturated rings. The highest BCUT2D eigenvalue weighted by Crippen LogP contribution is 2.33. The molecule has 0 bridgehead atoms. The molecule has 1 saturated heterocycles. The van der Waals surface area contributed by atoms with Crippen LogP contribution < -0.4 is 10.2 Å². The molecule has 1 aliphatic rings. The van der Waals surface area contributed by atoms with Crippen molar-refractivity contribution in [3.05, 3.63) is 59.2 Å². The van der Waals surface area contributed by atoms with Gasteiger partial charge in [-0.1, -0.05) is 32.0 Å². The number of rotatable bonds is 5. The first-order chi connectivity index (χ1) is 12.9. The van der Waals surface area contributed by atoms with Gasteiger partial charge in [-0.25, -0.2) is 8.78 Å². The van der Waals surface area contributed by atoms with Crippen LogP contribution in [0, 0.1) is 17.6 Å². The first kappa shape index (κ1) is 19.0. The summed E-state index contributed by atoms with van der Waals surface area (Å²) in [6.07, 6.45) is 1.63. The summed E-state index contributed by atoms with van der Waals surface area (Å²) in [5, 5.41) is 2.47. The largest absolute Gasteiger partial charge is 0.323 e. The molecule has 1 atom stereocenters. The van der Waals surface area contributed by atoms with Crippen molar-refractivity contribution in [1.29, 1.82) is 0 Å². The smallest absolute Gasteiger partial charge is 0.229 e. The van der Waals surface area contributed by atoms with Gasteiger partial charge in [-0.05, 0) is 36.1 Å². The fourth-order valence-electron chi connectivity index (χ4n) is 3.49. The minimum absolute atomic E-state index is 0.0653. The van der Waals surface area contributed by atoms with Gasteiger partial charge in [0.2, 0.25) is 11.8 Å². The Hall–Kier alpha value is -2.76. The molecule has 1 heterocycles. The van der Waals surface area contributed by atoms with E-state index >= 15 is 0 Å². The molecule has 0 saturated carbocycles. The van der Waals surface area contributed by atoms with Crippen LogP contribution in [0.5, 0.6) is 0 Å². The van der Waals surface area contributed by atoms with Gasteiger partial charge in [0.25, 0.3) is 0 Å². The summed E-state index contributed by atoms with van der Waals surface area (Å²) in [5.41, 5.74) is 2.92. The van der Waals surface area contributed by atoms with Crippen molar-refractivity contribution in [1.82, 2.24) is 0 Å². The summed E-state index contributed by atoms with van der Waals surface area (Å²) < 4.78 is 26.8. The summed E-state index contributed by atoms with van der Waals surface area (Å²) in [6, 6.07) is 8.93. The number of anilines is 2. The average Bonchev–Trinajstić information content (AvgIpc) is 3.04. The van der Waals surface area contributed by atoms with Crippen molar-refractivity contribution in [2.24, 2.45) is 5.92 Å². The Morgan fingerprint density at radius 3 is 2.41 bits per heavy atom. The molecule has 0 aromatic heterocycles. The van der Waals surface area contributed by atoms with E-state index in [0.29, 0.717) is 6.07 Å². The van der Waals surface area contributed by atoms with Crippen LogP contribution >= 0.6 is 0 Å². The van der Waals surface area contributed by atoms with E-state index in [1.165, 1.54) is 6.07 Å². The third kappa shape index (κ3) is 3.84. The van der Waals surface area contributed by atoms with Gasteiger partial charge in [-0.2, -0.15) is 0 Å². The molecule has 2 aromatic rings. The van der Waals surface area contributed by atoms with Crippen LogP contribution in [0.3, 0.4) is 0 Å². The zero-order valence-electron chi connectivity index (χ0n) is 15.4. The number of halogens is 2.